The smallest absolute Gasteiger partial charge is 0.245 e. The van der Waals surface area contributed by atoms with Crippen LogP contribution < -0.4 is 5.73 Å². The predicted octanol–water partition coefficient (Wildman–Crippen LogP) is 0.842. The Hall–Kier alpha value is -1.62. The summed E-state index contributed by atoms with van der Waals surface area (Å²) in [7, 11) is 1.84. The Bertz CT molecular complexity index is 443. The minimum atomic E-state index is 0.396. The van der Waals surface area contributed by atoms with Gasteiger partial charge in [0.1, 0.15) is 11.5 Å². The Balaban J connectivity index is 2.47. The van der Waals surface area contributed by atoms with Gasteiger partial charge in [0.25, 0.3) is 0 Å². The van der Waals surface area contributed by atoms with Crippen molar-refractivity contribution in [2.24, 2.45) is 12.8 Å². The number of aryl methyl sites for hydroxylation is 2. The van der Waals surface area contributed by atoms with Gasteiger partial charge in [-0.25, -0.2) is 4.98 Å². The molecule has 0 radical (unpaired) electrons. The summed E-state index contributed by atoms with van der Waals surface area (Å²) in [5.41, 5.74) is 7.16. The third-order valence-corrected chi connectivity index (χ3v) is 2.13. The minimum absolute atomic E-state index is 0.396. The molecule has 74 valence electrons. The lowest BCUT2D eigenvalue weighted by molar-refractivity contribution is 0.532. The zero-order chi connectivity index (χ0) is 10.1. The first-order chi connectivity index (χ1) is 6.72. The molecule has 0 spiro atoms. The molecule has 14 heavy (non-hydrogen) atoms. The quantitative estimate of drug-likeness (QED) is 0.765. The standard InChI is InChI=1S/C9H12N4O/c1-6-7(5-10)12-9(14-6)8-3-4-11-13(8)2/h3-4H,5,10H2,1-2H3. The molecule has 0 bridgehead atoms. The Labute approximate surface area is 81.5 Å². The van der Waals surface area contributed by atoms with Crippen LogP contribution in [-0.4, -0.2) is 14.8 Å². The summed E-state index contributed by atoms with van der Waals surface area (Å²) in [6.45, 7) is 2.25. The van der Waals surface area contributed by atoms with Gasteiger partial charge in [-0.3, -0.25) is 4.68 Å². The molecule has 0 aromatic carbocycles. The Morgan fingerprint density at radius 1 is 1.57 bits per heavy atom. The molecule has 0 fully saturated rings. The van der Waals surface area contributed by atoms with Crippen LogP contribution in [0.15, 0.2) is 16.7 Å². The Morgan fingerprint density at radius 3 is 2.86 bits per heavy atom. The van der Waals surface area contributed by atoms with Crippen LogP contribution in [0.3, 0.4) is 0 Å². The fraction of sp³-hybridized carbons (Fsp3) is 0.333. The lowest BCUT2D eigenvalue weighted by atomic mass is 10.4. The number of rotatable bonds is 2. The highest BCUT2D eigenvalue weighted by Crippen LogP contribution is 2.20. The summed E-state index contributed by atoms with van der Waals surface area (Å²) in [5.74, 6) is 1.34. The summed E-state index contributed by atoms with van der Waals surface area (Å²) < 4.78 is 7.19. The van der Waals surface area contributed by atoms with Gasteiger partial charge in [-0.15, -0.1) is 0 Å². The maximum atomic E-state index is 5.51. The molecule has 2 heterocycles. The molecule has 0 saturated heterocycles. The Morgan fingerprint density at radius 2 is 2.36 bits per heavy atom. The number of nitrogens with zero attached hydrogens (tertiary/aromatic N) is 3. The van der Waals surface area contributed by atoms with Gasteiger partial charge in [0, 0.05) is 19.8 Å². The highest BCUT2D eigenvalue weighted by Gasteiger charge is 2.12. The number of nitrogens with two attached hydrogens (primary N) is 1. The molecule has 0 atom stereocenters. The van der Waals surface area contributed by atoms with Crippen molar-refractivity contribution in [3.63, 3.8) is 0 Å². The van der Waals surface area contributed by atoms with E-state index in [1.165, 1.54) is 0 Å². The second kappa shape index (κ2) is 3.26. The van der Waals surface area contributed by atoms with Crippen molar-refractivity contribution in [3.05, 3.63) is 23.7 Å². The molecule has 5 heteroatoms. The number of oxazole rings is 1. The third kappa shape index (κ3) is 1.31. The van der Waals surface area contributed by atoms with Gasteiger partial charge in [0.05, 0.1) is 5.69 Å². The zero-order valence-corrected chi connectivity index (χ0v) is 8.19. The van der Waals surface area contributed by atoms with Gasteiger partial charge in [-0.1, -0.05) is 0 Å². The lowest BCUT2D eigenvalue weighted by Crippen LogP contribution is -1.98. The molecule has 2 rings (SSSR count). The van der Waals surface area contributed by atoms with Crippen LogP contribution in [0, 0.1) is 6.92 Å². The molecule has 2 aromatic rings. The maximum Gasteiger partial charge on any atom is 0.245 e. The van der Waals surface area contributed by atoms with E-state index in [0.29, 0.717) is 12.4 Å². The van der Waals surface area contributed by atoms with Gasteiger partial charge in [-0.05, 0) is 13.0 Å². The molecular weight excluding hydrogens is 180 g/mol. The highest BCUT2D eigenvalue weighted by molar-refractivity contribution is 5.47. The van der Waals surface area contributed by atoms with Crippen LogP contribution >= 0.6 is 0 Å². The number of aromatic nitrogens is 3. The van der Waals surface area contributed by atoms with Crippen molar-refractivity contribution >= 4 is 0 Å². The van der Waals surface area contributed by atoms with E-state index in [1.807, 2.05) is 20.0 Å². The van der Waals surface area contributed by atoms with Crippen LogP contribution in [0.5, 0.6) is 0 Å². The molecule has 2 aromatic heterocycles. The molecule has 0 saturated carbocycles. The van der Waals surface area contributed by atoms with Crippen molar-refractivity contribution < 1.29 is 4.42 Å². The fourth-order valence-electron chi connectivity index (χ4n) is 1.31. The average molecular weight is 192 g/mol. The highest BCUT2D eigenvalue weighted by atomic mass is 16.4. The van der Waals surface area contributed by atoms with Crippen LogP contribution in [0.25, 0.3) is 11.6 Å². The molecule has 5 nitrogen and oxygen atoms in total. The monoisotopic (exact) mass is 192 g/mol. The SMILES string of the molecule is Cc1oc(-c2ccnn2C)nc1CN. The molecule has 0 aliphatic heterocycles. The van der Waals surface area contributed by atoms with Gasteiger partial charge in [0.2, 0.25) is 5.89 Å². The lowest BCUT2D eigenvalue weighted by Gasteiger charge is -1.94. The second-order valence-corrected chi connectivity index (χ2v) is 3.07. The van der Waals surface area contributed by atoms with Crippen molar-refractivity contribution in [3.8, 4) is 11.6 Å². The van der Waals surface area contributed by atoms with E-state index >= 15 is 0 Å². The first kappa shape index (κ1) is 8.96. The van der Waals surface area contributed by atoms with E-state index in [2.05, 4.69) is 10.1 Å². The second-order valence-electron chi connectivity index (χ2n) is 3.07. The van der Waals surface area contributed by atoms with E-state index in [-0.39, 0.29) is 0 Å². The minimum Gasteiger partial charge on any atom is -0.440 e. The normalized spacial score (nSPS) is 10.8. The molecular formula is C9H12N4O. The first-order valence-electron chi connectivity index (χ1n) is 4.37. The van der Waals surface area contributed by atoms with Crippen LogP contribution in [0.2, 0.25) is 0 Å². The van der Waals surface area contributed by atoms with Crippen molar-refractivity contribution in [2.45, 2.75) is 13.5 Å². The third-order valence-electron chi connectivity index (χ3n) is 2.13. The van der Waals surface area contributed by atoms with E-state index in [1.54, 1.807) is 10.9 Å². The number of hydrogen-bond acceptors (Lipinski definition) is 4. The maximum absolute atomic E-state index is 5.51. The molecule has 0 aliphatic carbocycles. The summed E-state index contributed by atoms with van der Waals surface area (Å²) in [6, 6.07) is 1.85. The molecule has 0 aliphatic rings. The molecule has 2 N–H and O–H groups in total. The van der Waals surface area contributed by atoms with E-state index in [0.717, 1.165) is 17.1 Å². The summed E-state index contributed by atoms with van der Waals surface area (Å²) >= 11 is 0. The molecule has 0 amide bonds. The van der Waals surface area contributed by atoms with E-state index in [4.69, 9.17) is 10.2 Å². The average Bonchev–Trinajstić information content (AvgIpc) is 2.71. The van der Waals surface area contributed by atoms with Crippen LogP contribution in [0.1, 0.15) is 11.5 Å². The Kier molecular flexibility index (Phi) is 2.09. The fourth-order valence-corrected chi connectivity index (χ4v) is 1.31. The summed E-state index contributed by atoms with van der Waals surface area (Å²) in [6.07, 6.45) is 1.71. The van der Waals surface area contributed by atoms with Crippen molar-refractivity contribution in [1.82, 2.24) is 14.8 Å². The van der Waals surface area contributed by atoms with Gasteiger partial charge in [-0.2, -0.15) is 5.10 Å². The first-order valence-corrected chi connectivity index (χ1v) is 4.37. The summed E-state index contributed by atoms with van der Waals surface area (Å²) in [4.78, 5) is 4.28. The number of hydrogen-bond donors (Lipinski definition) is 1. The van der Waals surface area contributed by atoms with E-state index in [9.17, 15) is 0 Å². The van der Waals surface area contributed by atoms with Crippen molar-refractivity contribution in [1.29, 1.82) is 0 Å². The van der Waals surface area contributed by atoms with E-state index < -0.39 is 0 Å². The van der Waals surface area contributed by atoms with Gasteiger partial charge < -0.3 is 10.2 Å². The largest absolute Gasteiger partial charge is 0.440 e. The van der Waals surface area contributed by atoms with Gasteiger partial charge in [0.15, 0.2) is 0 Å². The topological polar surface area (TPSA) is 69.9 Å². The van der Waals surface area contributed by atoms with Gasteiger partial charge >= 0.3 is 0 Å². The van der Waals surface area contributed by atoms with Crippen molar-refractivity contribution in [2.75, 3.05) is 0 Å². The summed E-state index contributed by atoms with van der Waals surface area (Å²) in [5, 5.41) is 4.04. The van der Waals surface area contributed by atoms with Crippen LogP contribution in [0.4, 0.5) is 0 Å². The molecule has 0 unspecified atom stereocenters. The predicted molar refractivity (Wildman–Crippen MR) is 51.3 cm³/mol. The zero-order valence-electron chi connectivity index (χ0n) is 8.19. The van der Waals surface area contributed by atoms with Crippen LogP contribution in [-0.2, 0) is 13.6 Å².